The van der Waals surface area contributed by atoms with E-state index in [1.807, 2.05) is 32.0 Å². The van der Waals surface area contributed by atoms with Crippen LogP contribution < -0.4 is 0 Å². The van der Waals surface area contributed by atoms with Gasteiger partial charge < -0.3 is 4.74 Å². The summed E-state index contributed by atoms with van der Waals surface area (Å²) < 4.78 is 17.5. The Morgan fingerprint density at radius 1 is 1.44 bits per heavy atom. The Kier molecular flexibility index (Phi) is 4.59. The van der Waals surface area contributed by atoms with Gasteiger partial charge in [-0.3, -0.25) is 4.21 Å². The van der Waals surface area contributed by atoms with Gasteiger partial charge in [0.05, 0.1) is 11.5 Å². The van der Waals surface area contributed by atoms with Gasteiger partial charge in [-0.1, -0.05) is 30.3 Å². The number of hydrogen-bond acceptors (Lipinski definition) is 2. The molecule has 1 heterocycles. The molecular weight excluding hydrogens is 244 g/mol. The largest absolute Gasteiger partial charge is 0.497 e. The van der Waals surface area contributed by atoms with E-state index in [1.54, 1.807) is 6.26 Å². The standard InChI is InChI=1S/C15H20O2S/c1-12(14-7-4-3-5-8-14)11-17-13(2)15-9-6-10-18(15)16/h3-5,7-8,11,13,15H,6,9-10H2,1-2H3/b12-11-. The zero-order valence-corrected chi connectivity index (χ0v) is 11.8. The minimum absolute atomic E-state index is 0.0343. The van der Waals surface area contributed by atoms with Crippen molar-refractivity contribution < 1.29 is 8.95 Å². The molecule has 1 aliphatic heterocycles. The van der Waals surface area contributed by atoms with Crippen LogP contribution in [0.4, 0.5) is 0 Å². The van der Waals surface area contributed by atoms with E-state index in [1.165, 1.54) is 0 Å². The molecule has 3 unspecified atom stereocenters. The third-order valence-corrected chi connectivity index (χ3v) is 5.37. The Morgan fingerprint density at radius 3 is 2.78 bits per heavy atom. The molecule has 1 aliphatic rings. The maximum Gasteiger partial charge on any atom is 0.109 e. The van der Waals surface area contributed by atoms with E-state index in [2.05, 4.69) is 12.1 Å². The fraction of sp³-hybridized carbons (Fsp3) is 0.467. The summed E-state index contributed by atoms with van der Waals surface area (Å²) in [5.41, 5.74) is 2.27. The number of benzene rings is 1. The van der Waals surface area contributed by atoms with Gasteiger partial charge in [-0.25, -0.2) is 0 Å². The van der Waals surface area contributed by atoms with Crippen LogP contribution in [0.25, 0.3) is 5.57 Å². The zero-order chi connectivity index (χ0) is 13.0. The quantitative estimate of drug-likeness (QED) is 0.779. The van der Waals surface area contributed by atoms with Gasteiger partial charge >= 0.3 is 0 Å². The van der Waals surface area contributed by atoms with E-state index in [-0.39, 0.29) is 11.4 Å². The molecule has 2 rings (SSSR count). The average molecular weight is 264 g/mol. The first kappa shape index (κ1) is 13.3. The Bertz CT molecular complexity index is 439. The van der Waals surface area contributed by atoms with Crippen LogP contribution in [0, 0.1) is 0 Å². The highest BCUT2D eigenvalue weighted by Gasteiger charge is 2.29. The molecule has 1 aromatic carbocycles. The summed E-state index contributed by atoms with van der Waals surface area (Å²) in [6, 6.07) is 10.2. The molecule has 3 heteroatoms. The molecule has 1 fully saturated rings. The van der Waals surface area contributed by atoms with E-state index in [0.717, 1.165) is 29.7 Å². The van der Waals surface area contributed by atoms with Crippen molar-refractivity contribution in [1.29, 1.82) is 0 Å². The van der Waals surface area contributed by atoms with Crippen molar-refractivity contribution in [3.8, 4) is 0 Å². The van der Waals surface area contributed by atoms with Gasteiger partial charge in [0.2, 0.25) is 0 Å². The first-order chi connectivity index (χ1) is 8.68. The fourth-order valence-corrected chi connectivity index (χ4v) is 3.90. The summed E-state index contributed by atoms with van der Waals surface area (Å²) in [6.07, 6.45) is 3.92. The second-order valence-corrected chi connectivity index (χ2v) is 6.55. The lowest BCUT2D eigenvalue weighted by Gasteiger charge is -2.18. The van der Waals surface area contributed by atoms with E-state index in [0.29, 0.717) is 0 Å². The highest BCUT2D eigenvalue weighted by molar-refractivity contribution is 7.85. The summed E-state index contributed by atoms with van der Waals surface area (Å²) in [5.74, 6) is 0.833. The second kappa shape index (κ2) is 6.19. The van der Waals surface area contributed by atoms with Crippen molar-refractivity contribution in [2.75, 3.05) is 5.75 Å². The molecule has 0 spiro atoms. The molecule has 1 saturated heterocycles. The van der Waals surface area contributed by atoms with Gasteiger partial charge in [0, 0.05) is 16.6 Å². The highest BCUT2D eigenvalue weighted by atomic mass is 32.2. The predicted molar refractivity (Wildman–Crippen MR) is 76.7 cm³/mol. The summed E-state index contributed by atoms with van der Waals surface area (Å²) >= 11 is 0. The monoisotopic (exact) mass is 264 g/mol. The molecule has 18 heavy (non-hydrogen) atoms. The molecule has 1 aromatic rings. The summed E-state index contributed by atoms with van der Waals surface area (Å²) in [4.78, 5) is 0. The fourth-order valence-electron chi connectivity index (χ4n) is 2.22. The lowest BCUT2D eigenvalue weighted by molar-refractivity contribution is 0.157. The Labute approximate surface area is 112 Å². The van der Waals surface area contributed by atoms with E-state index in [9.17, 15) is 4.21 Å². The third-order valence-electron chi connectivity index (χ3n) is 3.38. The number of hydrogen-bond donors (Lipinski definition) is 0. The van der Waals surface area contributed by atoms with Crippen LogP contribution in [0.3, 0.4) is 0 Å². The normalized spacial score (nSPS) is 26.0. The first-order valence-electron chi connectivity index (χ1n) is 6.43. The van der Waals surface area contributed by atoms with Crippen LogP contribution in [0.5, 0.6) is 0 Å². The molecule has 3 atom stereocenters. The maximum atomic E-state index is 11.7. The Morgan fingerprint density at radius 2 is 2.17 bits per heavy atom. The van der Waals surface area contributed by atoms with Crippen molar-refractivity contribution in [2.45, 2.75) is 38.0 Å². The predicted octanol–water partition coefficient (Wildman–Crippen LogP) is 3.36. The van der Waals surface area contributed by atoms with Crippen LogP contribution in [-0.4, -0.2) is 21.3 Å². The molecule has 0 bridgehead atoms. The molecule has 0 N–H and O–H groups in total. The molecule has 0 saturated carbocycles. The smallest absolute Gasteiger partial charge is 0.109 e. The molecule has 98 valence electrons. The van der Waals surface area contributed by atoms with Crippen LogP contribution in [0.1, 0.15) is 32.3 Å². The van der Waals surface area contributed by atoms with Gasteiger partial charge in [-0.2, -0.15) is 0 Å². The van der Waals surface area contributed by atoms with E-state index < -0.39 is 10.8 Å². The third kappa shape index (κ3) is 3.22. The van der Waals surface area contributed by atoms with Crippen molar-refractivity contribution in [2.24, 2.45) is 0 Å². The van der Waals surface area contributed by atoms with Crippen LogP contribution in [-0.2, 0) is 15.5 Å². The van der Waals surface area contributed by atoms with Gasteiger partial charge in [-0.15, -0.1) is 0 Å². The highest BCUT2D eigenvalue weighted by Crippen LogP contribution is 2.22. The van der Waals surface area contributed by atoms with Gasteiger partial charge in [0.15, 0.2) is 0 Å². The SMILES string of the molecule is C/C(=C/OC(C)C1CCCS1=O)c1ccccc1. The number of allylic oxidation sites excluding steroid dienone is 1. The molecule has 2 nitrogen and oxygen atoms in total. The van der Waals surface area contributed by atoms with E-state index >= 15 is 0 Å². The number of ether oxygens (including phenoxy) is 1. The molecule has 0 amide bonds. The van der Waals surface area contributed by atoms with Crippen LogP contribution in [0.2, 0.25) is 0 Å². The maximum absolute atomic E-state index is 11.7. The summed E-state index contributed by atoms with van der Waals surface area (Å²) in [5, 5.41) is 0.199. The minimum Gasteiger partial charge on any atom is -0.497 e. The molecular formula is C15H20O2S. The average Bonchev–Trinajstić information content (AvgIpc) is 2.83. The van der Waals surface area contributed by atoms with Gasteiger partial charge in [0.1, 0.15) is 6.10 Å². The first-order valence-corrected chi connectivity index (χ1v) is 7.81. The topological polar surface area (TPSA) is 26.3 Å². The second-order valence-electron chi connectivity index (χ2n) is 4.77. The van der Waals surface area contributed by atoms with Gasteiger partial charge in [0.25, 0.3) is 0 Å². The van der Waals surface area contributed by atoms with Crippen molar-refractivity contribution in [3.63, 3.8) is 0 Å². The molecule has 0 aromatic heterocycles. The lowest BCUT2D eigenvalue weighted by atomic mass is 10.1. The summed E-state index contributed by atoms with van der Waals surface area (Å²) in [6.45, 7) is 4.05. The number of rotatable bonds is 4. The lowest BCUT2D eigenvalue weighted by Crippen LogP contribution is -2.25. The summed E-state index contributed by atoms with van der Waals surface area (Å²) in [7, 11) is -0.704. The Hall–Kier alpha value is -1.09. The zero-order valence-electron chi connectivity index (χ0n) is 11.0. The van der Waals surface area contributed by atoms with Crippen molar-refractivity contribution in [1.82, 2.24) is 0 Å². The van der Waals surface area contributed by atoms with Crippen molar-refractivity contribution >= 4 is 16.4 Å². The molecule has 0 aliphatic carbocycles. The van der Waals surface area contributed by atoms with Crippen LogP contribution in [0.15, 0.2) is 36.6 Å². The molecule has 0 radical (unpaired) electrons. The minimum atomic E-state index is -0.704. The van der Waals surface area contributed by atoms with Crippen LogP contribution >= 0.6 is 0 Å². The van der Waals surface area contributed by atoms with Crippen molar-refractivity contribution in [3.05, 3.63) is 42.2 Å². The van der Waals surface area contributed by atoms with E-state index in [4.69, 9.17) is 4.74 Å². The Balaban J connectivity index is 1.96. The van der Waals surface area contributed by atoms with Gasteiger partial charge in [-0.05, 0) is 37.8 Å².